The van der Waals surface area contributed by atoms with Crippen LogP contribution in [0.5, 0.6) is 5.75 Å². The number of hydrogen-bond acceptors (Lipinski definition) is 5. The van der Waals surface area contributed by atoms with Crippen LogP contribution in [-0.4, -0.2) is 53.0 Å². The molecule has 1 amide bonds. The average Bonchev–Trinajstić information content (AvgIpc) is 3.15. The molecule has 3 rings (SSSR count). The van der Waals surface area contributed by atoms with E-state index in [-0.39, 0.29) is 24.5 Å². The maximum Gasteiger partial charge on any atom is 0.326 e. The van der Waals surface area contributed by atoms with Crippen molar-refractivity contribution in [3.63, 3.8) is 0 Å². The highest BCUT2D eigenvalue weighted by molar-refractivity contribution is 5.94. The second-order valence-electron chi connectivity index (χ2n) is 8.46. The van der Waals surface area contributed by atoms with Crippen molar-refractivity contribution in [2.45, 2.75) is 58.5 Å². The third-order valence-electron chi connectivity index (χ3n) is 4.95. The molecule has 0 spiro atoms. The number of carbonyl (C=O) groups is 2. The Morgan fingerprint density at radius 3 is 2.55 bits per heavy atom. The van der Waals surface area contributed by atoms with Crippen LogP contribution in [0.3, 0.4) is 0 Å². The average molecular weight is 403 g/mol. The third-order valence-corrected chi connectivity index (χ3v) is 4.95. The number of rotatable bonds is 8. The quantitative estimate of drug-likeness (QED) is 0.718. The molecule has 0 aromatic heterocycles. The van der Waals surface area contributed by atoms with Gasteiger partial charge in [0.2, 0.25) is 0 Å². The van der Waals surface area contributed by atoms with Crippen molar-refractivity contribution < 1.29 is 28.9 Å². The molecule has 1 saturated heterocycles. The van der Waals surface area contributed by atoms with E-state index in [9.17, 15) is 14.7 Å². The standard InChI is InChI=1S/C22H29NO6/c1-14(2)9-19(21(25)26)23-12-17(11-20(23)24)28-16-7-5-15(6-8-16)10-18-13-27-22(3,4)29-18/h5-8,11,14,18-19H,9-10,12-13H2,1-4H3,(H,25,26). The van der Waals surface area contributed by atoms with E-state index in [1.807, 2.05) is 52.0 Å². The molecule has 1 fully saturated rings. The lowest BCUT2D eigenvalue weighted by Gasteiger charge is -2.25. The van der Waals surface area contributed by atoms with Gasteiger partial charge >= 0.3 is 5.97 Å². The van der Waals surface area contributed by atoms with Crippen LogP contribution < -0.4 is 4.74 Å². The predicted octanol–water partition coefficient (Wildman–Crippen LogP) is 2.98. The number of nitrogens with zero attached hydrogens (tertiary/aromatic N) is 1. The van der Waals surface area contributed by atoms with Crippen LogP contribution in [0, 0.1) is 5.92 Å². The Labute approximate surface area is 171 Å². The maximum absolute atomic E-state index is 12.3. The second kappa shape index (κ2) is 8.55. The lowest BCUT2D eigenvalue weighted by Crippen LogP contribution is -2.43. The zero-order chi connectivity index (χ0) is 21.2. The van der Waals surface area contributed by atoms with E-state index in [0.717, 1.165) is 12.0 Å². The molecule has 2 atom stereocenters. The number of amides is 1. The van der Waals surface area contributed by atoms with Gasteiger partial charge in [-0.1, -0.05) is 26.0 Å². The molecule has 1 aromatic rings. The second-order valence-corrected chi connectivity index (χ2v) is 8.46. The molecule has 0 radical (unpaired) electrons. The van der Waals surface area contributed by atoms with Crippen molar-refractivity contribution >= 4 is 11.9 Å². The summed E-state index contributed by atoms with van der Waals surface area (Å²) in [5.41, 5.74) is 1.10. The Morgan fingerprint density at radius 1 is 1.31 bits per heavy atom. The predicted molar refractivity (Wildman–Crippen MR) is 106 cm³/mol. The summed E-state index contributed by atoms with van der Waals surface area (Å²) in [6.45, 7) is 8.41. The van der Waals surface area contributed by atoms with Crippen molar-refractivity contribution in [3.8, 4) is 5.75 Å². The van der Waals surface area contributed by atoms with E-state index in [1.165, 1.54) is 11.0 Å². The van der Waals surface area contributed by atoms with Gasteiger partial charge < -0.3 is 24.2 Å². The highest BCUT2D eigenvalue weighted by Gasteiger charge is 2.35. The molecule has 0 bridgehead atoms. The summed E-state index contributed by atoms with van der Waals surface area (Å²) in [5.74, 6) is -0.634. The highest BCUT2D eigenvalue weighted by Crippen LogP contribution is 2.26. The number of benzene rings is 1. The Bertz CT molecular complexity index is 783. The summed E-state index contributed by atoms with van der Waals surface area (Å²) in [5, 5.41) is 9.48. The van der Waals surface area contributed by atoms with Gasteiger partial charge in [-0.15, -0.1) is 0 Å². The molecule has 1 N–H and O–H groups in total. The van der Waals surface area contributed by atoms with Crippen molar-refractivity contribution in [3.05, 3.63) is 41.7 Å². The maximum atomic E-state index is 12.3. The van der Waals surface area contributed by atoms with Gasteiger partial charge in [-0.3, -0.25) is 4.79 Å². The molecule has 0 saturated carbocycles. The highest BCUT2D eigenvalue weighted by atomic mass is 16.7. The normalized spacial score (nSPS) is 22.1. The molecule has 7 heteroatoms. The number of ether oxygens (including phenoxy) is 3. The Balaban J connectivity index is 1.57. The lowest BCUT2D eigenvalue weighted by molar-refractivity contribution is -0.148. The van der Waals surface area contributed by atoms with Gasteiger partial charge in [0.1, 0.15) is 17.6 Å². The number of aliphatic carboxylic acids is 1. The van der Waals surface area contributed by atoms with Crippen LogP contribution in [-0.2, 0) is 25.5 Å². The third kappa shape index (κ3) is 5.58. The van der Waals surface area contributed by atoms with Gasteiger partial charge in [0, 0.05) is 12.5 Å². The van der Waals surface area contributed by atoms with Gasteiger partial charge in [-0.25, -0.2) is 4.79 Å². The lowest BCUT2D eigenvalue weighted by atomic mass is 10.0. The van der Waals surface area contributed by atoms with Crippen molar-refractivity contribution in [2.24, 2.45) is 5.92 Å². The molecular formula is C22H29NO6. The van der Waals surface area contributed by atoms with E-state index in [4.69, 9.17) is 14.2 Å². The van der Waals surface area contributed by atoms with Gasteiger partial charge in [0.05, 0.1) is 19.3 Å². The first-order valence-corrected chi connectivity index (χ1v) is 9.95. The van der Waals surface area contributed by atoms with Crippen molar-refractivity contribution in [1.29, 1.82) is 0 Å². The van der Waals surface area contributed by atoms with Crippen LogP contribution >= 0.6 is 0 Å². The Hall–Kier alpha value is -2.38. The van der Waals surface area contributed by atoms with Crippen LogP contribution in [0.1, 0.15) is 39.7 Å². The van der Waals surface area contributed by atoms with Crippen LogP contribution in [0.4, 0.5) is 0 Å². The molecule has 2 aliphatic heterocycles. The zero-order valence-corrected chi connectivity index (χ0v) is 17.4. The van der Waals surface area contributed by atoms with Crippen LogP contribution in [0.2, 0.25) is 0 Å². The van der Waals surface area contributed by atoms with E-state index in [0.29, 0.717) is 24.5 Å². The smallest absolute Gasteiger partial charge is 0.326 e. The first kappa shape index (κ1) is 21.3. The molecule has 158 valence electrons. The Kier molecular flexibility index (Phi) is 6.29. The molecule has 2 heterocycles. The monoisotopic (exact) mass is 403 g/mol. The topological polar surface area (TPSA) is 85.3 Å². The summed E-state index contributed by atoms with van der Waals surface area (Å²) < 4.78 is 17.2. The minimum Gasteiger partial charge on any atom is -0.480 e. The first-order valence-electron chi connectivity index (χ1n) is 9.95. The summed E-state index contributed by atoms with van der Waals surface area (Å²) in [4.78, 5) is 25.2. The summed E-state index contributed by atoms with van der Waals surface area (Å²) in [6.07, 6.45) is 2.54. The number of carboxylic acids is 1. The summed E-state index contributed by atoms with van der Waals surface area (Å²) in [6, 6.07) is 6.75. The SMILES string of the molecule is CC(C)CC(C(=O)O)N1CC(Oc2ccc(CC3COC(C)(C)O3)cc2)=CC1=O. The van der Waals surface area contributed by atoms with Crippen molar-refractivity contribution in [2.75, 3.05) is 13.2 Å². The molecular weight excluding hydrogens is 374 g/mol. The molecule has 29 heavy (non-hydrogen) atoms. The van der Waals surface area contributed by atoms with E-state index in [2.05, 4.69) is 0 Å². The van der Waals surface area contributed by atoms with Crippen LogP contribution in [0.25, 0.3) is 0 Å². The van der Waals surface area contributed by atoms with E-state index in [1.54, 1.807) is 0 Å². The molecule has 0 aliphatic carbocycles. The molecule has 2 unspecified atom stereocenters. The van der Waals surface area contributed by atoms with Gasteiger partial charge in [-0.2, -0.15) is 0 Å². The first-order chi connectivity index (χ1) is 13.6. The molecule has 7 nitrogen and oxygen atoms in total. The van der Waals surface area contributed by atoms with E-state index < -0.39 is 17.8 Å². The van der Waals surface area contributed by atoms with Gasteiger partial charge in [0.15, 0.2) is 5.79 Å². The van der Waals surface area contributed by atoms with Crippen molar-refractivity contribution in [1.82, 2.24) is 4.90 Å². The fraction of sp³-hybridized carbons (Fsp3) is 0.545. The number of carboxylic acid groups (broad SMARTS) is 1. The van der Waals surface area contributed by atoms with Gasteiger partial charge in [-0.05, 0) is 43.9 Å². The summed E-state index contributed by atoms with van der Waals surface area (Å²) >= 11 is 0. The molecule has 2 aliphatic rings. The fourth-order valence-electron chi connectivity index (χ4n) is 3.62. The fourth-order valence-corrected chi connectivity index (χ4v) is 3.62. The number of carbonyl (C=O) groups excluding carboxylic acids is 1. The number of hydrogen-bond donors (Lipinski definition) is 1. The minimum absolute atomic E-state index is 0.0226. The zero-order valence-electron chi connectivity index (χ0n) is 17.4. The summed E-state index contributed by atoms with van der Waals surface area (Å²) in [7, 11) is 0. The van der Waals surface area contributed by atoms with Gasteiger partial charge in [0.25, 0.3) is 5.91 Å². The largest absolute Gasteiger partial charge is 0.480 e. The molecule has 1 aromatic carbocycles. The van der Waals surface area contributed by atoms with E-state index >= 15 is 0 Å². The minimum atomic E-state index is -0.993. The van der Waals surface area contributed by atoms with Crippen LogP contribution in [0.15, 0.2) is 36.1 Å². The Morgan fingerprint density at radius 2 is 2.00 bits per heavy atom.